The number of para-hydroxylation sites is 2. The van der Waals surface area contributed by atoms with Crippen LogP contribution in [0.1, 0.15) is 51.4 Å². The first kappa shape index (κ1) is 34.8. The van der Waals surface area contributed by atoms with Gasteiger partial charge in [-0.2, -0.15) is 0 Å². The number of carbonyl (C=O) groups is 2. The van der Waals surface area contributed by atoms with Crippen molar-refractivity contribution in [3.63, 3.8) is 0 Å². The highest BCUT2D eigenvalue weighted by Crippen LogP contribution is 2.32. The van der Waals surface area contributed by atoms with Crippen molar-refractivity contribution in [3.05, 3.63) is 100 Å². The SMILES string of the molecule is C1CCOCC1.O=C1NCCc2[nH]c(-c3cccc4ccc(Cl)nc34)cc21.O=C1NCCc2[nH]c(-c3cccc4ccc(N5CCOCC5)nc34)cc21. The van der Waals surface area contributed by atoms with Crippen LogP contribution in [0.3, 0.4) is 0 Å². The molecular formula is C41H42ClN7O4. The number of pyridine rings is 2. The summed E-state index contributed by atoms with van der Waals surface area (Å²) in [5, 5.41) is 8.33. The van der Waals surface area contributed by atoms with E-state index in [1.807, 2.05) is 42.5 Å². The molecule has 0 spiro atoms. The van der Waals surface area contributed by atoms with Gasteiger partial charge in [0.1, 0.15) is 11.0 Å². The summed E-state index contributed by atoms with van der Waals surface area (Å²) in [4.78, 5) is 42.4. The third-order valence-electron chi connectivity index (χ3n) is 9.99. The molecule has 4 aliphatic rings. The quantitative estimate of drug-likeness (QED) is 0.149. The smallest absolute Gasteiger partial charge is 0.253 e. The number of nitrogens with zero attached hydrogens (tertiary/aromatic N) is 3. The minimum absolute atomic E-state index is 0.00375. The van der Waals surface area contributed by atoms with Gasteiger partial charge < -0.3 is 35.0 Å². The molecule has 53 heavy (non-hydrogen) atoms. The standard InChI is InChI=1S/C20H20N4O2.C16H12ClN3O.C5H10O/c25-20-15-12-17(22-16(15)6-7-21-20)14-3-1-2-13-4-5-18(23-19(13)14)24-8-10-26-11-9-24;17-14-5-4-9-2-1-3-10(15(9)20-14)13-8-11-12(19-13)6-7-18-16(11)21;1-2-4-6-5-3-1/h1-5,12,22H,6-11H2,(H,21,25);1-5,8,19H,6-7H2,(H,18,21);1-5H2. The van der Waals surface area contributed by atoms with Crippen LogP contribution in [0.2, 0.25) is 5.15 Å². The third kappa shape index (κ3) is 7.64. The fraction of sp³-hybridized carbons (Fsp3) is 0.317. The Morgan fingerprint density at radius 1 is 0.604 bits per heavy atom. The topological polar surface area (TPSA) is 137 Å². The summed E-state index contributed by atoms with van der Waals surface area (Å²) in [6.45, 7) is 6.54. The number of aromatic amines is 2. The number of H-pyrrole nitrogens is 2. The Labute approximate surface area is 312 Å². The average Bonchev–Trinajstić information content (AvgIpc) is 3.85. The zero-order valence-corrected chi connectivity index (χ0v) is 30.2. The molecule has 4 aromatic heterocycles. The molecule has 12 heteroatoms. The van der Waals surface area contributed by atoms with E-state index >= 15 is 0 Å². The fourth-order valence-electron chi connectivity index (χ4n) is 7.23. The number of carbonyl (C=O) groups excluding carboxylic acids is 2. The number of aromatic nitrogens is 4. The third-order valence-corrected chi connectivity index (χ3v) is 10.2. The van der Waals surface area contributed by atoms with Gasteiger partial charge in [0.2, 0.25) is 0 Å². The number of ether oxygens (including phenoxy) is 2. The lowest BCUT2D eigenvalue weighted by Gasteiger charge is -2.28. The predicted octanol–water partition coefficient (Wildman–Crippen LogP) is 6.71. The van der Waals surface area contributed by atoms with E-state index in [1.54, 1.807) is 6.07 Å². The second-order valence-electron chi connectivity index (χ2n) is 13.5. The van der Waals surface area contributed by atoms with Crippen LogP contribution in [0.15, 0.2) is 72.8 Å². The van der Waals surface area contributed by atoms with Crippen LogP contribution in [0.25, 0.3) is 44.3 Å². The van der Waals surface area contributed by atoms with Gasteiger partial charge in [0.15, 0.2) is 0 Å². The van der Waals surface area contributed by atoms with Gasteiger partial charge in [-0.1, -0.05) is 48.0 Å². The minimum atomic E-state index is -0.0232. The Balaban J connectivity index is 0.000000133. The van der Waals surface area contributed by atoms with Crippen molar-refractivity contribution in [1.82, 2.24) is 30.6 Å². The number of hydrogen-bond donors (Lipinski definition) is 4. The van der Waals surface area contributed by atoms with Gasteiger partial charge in [0.25, 0.3) is 11.8 Å². The molecule has 4 aliphatic heterocycles. The van der Waals surface area contributed by atoms with Gasteiger partial charge in [-0.05, 0) is 55.7 Å². The van der Waals surface area contributed by atoms with Crippen LogP contribution in [0, 0.1) is 0 Å². The predicted molar refractivity (Wildman–Crippen MR) is 208 cm³/mol. The van der Waals surface area contributed by atoms with Crippen LogP contribution in [-0.4, -0.2) is 84.4 Å². The normalized spacial score (nSPS) is 16.7. The molecule has 10 rings (SSSR count). The summed E-state index contributed by atoms with van der Waals surface area (Å²) < 4.78 is 10.5. The summed E-state index contributed by atoms with van der Waals surface area (Å²) >= 11 is 6.02. The summed E-state index contributed by atoms with van der Waals surface area (Å²) in [5.41, 5.74) is 9.07. The molecule has 2 aromatic carbocycles. The van der Waals surface area contributed by atoms with E-state index < -0.39 is 0 Å². The first-order chi connectivity index (χ1) is 26.0. The number of nitrogens with one attached hydrogen (secondary N) is 4. The molecule has 6 aromatic rings. The number of amides is 2. The number of rotatable bonds is 3. The Morgan fingerprint density at radius 2 is 1.15 bits per heavy atom. The van der Waals surface area contributed by atoms with Gasteiger partial charge in [-0.3, -0.25) is 9.59 Å². The molecule has 0 bridgehead atoms. The number of hydrogen-bond acceptors (Lipinski definition) is 7. The monoisotopic (exact) mass is 731 g/mol. The Kier molecular flexibility index (Phi) is 10.4. The zero-order chi connectivity index (χ0) is 36.1. The first-order valence-electron chi connectivity index (χ1n) is 18.4. The molecular weight excluding hydrogens is 690 g/mol. The van der Waals surface area contributed by atoms with Crippen LogP contribution in [0.5, 0.6) is 0 Å². The lowest BCUT2D eigenvalue weighted by Crippen LogP contribution is -2.36. The first-order valence-corrected chi connectivity index (χ1v) is 18.8. The maximum absolute atomic E-state index is 12.1. The molecule has 2 saturated heterocycles. The molecule has 2 fully saturated rings. The highest BCUT2D eigenvalue weighted by Gasteiger charge is 2.22. The Bertz CT molecular complexity index is 2260. The fourth-order valence-corrected chi connectivity index (χ4v) is 7.37. The van der Waals surface area contributed by atoms with Crippen LogP contribution in [-0.2, 0) is 22.3 Å². The zero-order valence-electron chi connectivity index (χ0n) is 29.5. The molecule has 0 unspecified atom stereocenters. The van der Waals surface area contributed by atoms with Crippen LogP contribution >= 0.6 is 11.6 Å². The number of fused-ring (bicyclic) bond motifs is 4. The maximum Gasteiger partial charge on any atom is 0.253 e. The molecule has 11 nitrogen and oxygen atoms in total. The van der Waals surface area contributed by atoms with Crippen molar-refractivity contribution in [1.29, 1.82) is 0 Å². The highest BCUT2D eigenvalue weighted by atomic mass is 35.5. The van der Waals surface area contributed by atoms with Gasteiger partial charge in [-0.25, -0.2) is 9.97 Å². The van der Waals surface area contributed by atoms with E-state index in [2.05, 4.69) is 54.8 Å². The molecule has 0 radical (unpaired) electrons. The summed E-state index contributed by atoms with van der Waals surface area (Å²) in [5.74, 6) is 0.947. The lowest BCUT2D eigenvalue weighted by molar-refractivity contribution is 0.0937. The van der Waals surface area contributed by atoms with E-state index in [0.29, 0.717) is 18.2 Å². The Morgan fingerprint density at radius 3 is 1.68 bits per heavy atom. The van der Waals surface area contributed by atoms with Crippen molar-refractivity contribution < 1.29 is 19.1 Å². The van der Waals surface area contributed by atoms with Gasteiger partial charge in [0, 0.05) is 96.9 Å². The second-order valence-corrected chi connectivity index (χ2v) is 13.9. The van der Waals surface area contributed by atoms with Gasteiger partial charge >= 0.3 is 0 Å². The van der Waals surface area contributed by atoms with Crippen molar-refractivity contribution in [2.75, 3.05) is 57.5 Å². The summed E-state index contributed by atoms with van der Waals surface area (Å²) in [7, 11) is 0. The maximum atomic E-state index is 12.1. The van der Waals surface area contributed by atoms with Crippen LogP contribution in [0.4, 0.5) is 5.82 Å². The molecule has 4 N–H and O–H groups in total. The number of benzene rings is 2. The lowest BCUT2D eigenvalue weighted by atomic mass is 10.1. The minimum Gasteiger partial charge on any atom is -0.381 e. The van der Waals surface area contributed by atoms with Crippen molar-refractivity contribution in [2.45, 2.75) is 32.1 Å². The molecule has 0 aliphatic carbocycles. The highest BCUT2D eigenvalue weighted by molar-refractivity contribution is 6.29. The summed E-state index contributed by atoms with van der Waals surface area (Å²) in [6, 6.07) is 23.9. The van der Waals surface area contributed by atoms with Crippen molar-refractivity contribution >= 4 is 51.0 Å². The van der Waals surface area contributed by atoms with Gasteiger partial charge in [0.05, 0.1) is 35.4 Å². The number of halogens is 1. The molecule has 2 amide bonds. The molecule has 8 heterocycles. The molecule has 272 valence electrons. The van der Waals surface area contributed by atoms with E-state index in [-0.39, 0.29) is 11.8 Å². The van der Waals surface area contributed by atoms with E-state index in [0.717, 1.165) is 125 Å². The van der Waals surface area contributed by atoms with E-state index in [9.17, 15) is 9.59 Å². The van der Waals surface area contributed by atoms with E-state index in [1.165, 1.54) is 19.3 Å². The summed E-state index contributed by atoms with van der Waals surface area (Å²) in [6.07, 6.45) is 5.58. The second kappa shape index (κ2) is 15.8. The number of anilines is 1. The van der Waals surface area contributed by atoms with Crippen molar-refractivity contribution in [2.24, 2.45) is 0 Å². The largest absolute Gasteiger partial charge is 0.381 e. The van der Waals surface area contributed by atoms with E-state index in [4.69, 9.17) is 26.1 Å². The molecule has 0 saturated carbocycles. The van der Waals surface area contributed by atoms with Crippen molar-refractivity contribution in [3.8, 4) is 22.5 Å². The average molecular weight is 732 g/mol. The number of morpholine rings is 1. The van der Waals surface area contributed by atoms with Crippen LogP contribution < -0.4 is 15.5 Å². The van der Waals surface area contributed by atoms with Gasteiger partial charge in [-0.15, -0.1) is 0 Å². The molecule has 0 atom stereocenters. The Hall–Kier alpha value is -5.23.